The minimum atomic E-state index is -4.03. The monoisotopic (exact) mass is 326 g/mol. The fourth-order valence-corrected chi connectivity index (χ4v) is 2.48. The van der Waals surface area contributed by atoms with E-state index in [1.165, 1.54) is 0 Å². The van der Waals surface area contributed by atoms with E-state index >= 15 is 0 Å². The van der Waals surface area contributed by atoms with Crippen LogP contribution >= 0.6 is 0 Å². The Balaban J connectivity index is 0.00000220. The van der Waals surface area contributed by atoms with Gasteiger partial charge in [0.05, 0.1) is 6.61 Å². The van der Waals surface area contributed by atoms with Gasteiger partial charge in [0.15, 0.2) is 5.79 Å². The molecular weight excluding hydrogens is 307 g/mol. The summed E-state index contributed by atoms with van der Waals surface area (Å²) in [6, 6.07) is 7.16. The summed E-state index contributed by atoms with van der Waals surface area (Å²) in [7, 11) is -4.03. The van der Waals surface area contributed by atoms with Gasteiger partial charge in [-0.1, -0.05) is 18.2 Å². The van der Waals surface area contributed by atoms with Crippen molar-refractivity contribution in [2.45, 2.75) is 31.8 Å². The molecule has 1 fully saturated rings. The van der Waals surface area contributed by atoms with E-state index in [2.05, 4.69) is 4.18 Å². The van der Waals surface area contributed by atoms with Crippen LogP contribution in [-0.2, 0) is 24.0 Å². The van der Waals surface area contributed by atoms with Crippen molar-refractivity contribution in [3.63, 3.8) is 0 Å². The van der Waals surface area contributed by atoms with E-state index < -0.39 is 28.3 Å². The first-order chi connectivity index (χ1) is 9.18. The van der Waals surface area contributed by atoms with Crippen molar-refractivity contribution in [2.75, 3.05) is 12.3 Å². The third-order valence-corrected chi connectivity index (χ3v) is 3.35. The van der Waals surface area contributed by atoms with Crippen molar-refractivity contribution in [3.05, 3.63) is 29.8 Å². The van der Waals surface area contributed by atoms with Gasteiger partial charge in [0.2, 0.25) is 0 Å². The summed E-state index contributed by atoms with van der Waals surface area (Å²) in [5.74, 6) is -0.862. The Labute approximate surface area is 146 Å². The van der Waals surface area contributed by atoms with Crippen molar-refractivity contribution in [3.8, 4) is 0 Å². The topological polar surface area (TPSA) is 114 Å². The Morgan fingerprint density at radius 1 is 1.29 bits per heavy atom. The molecule has 1 aromatic carbocycles. The van der Waals surface area contributed by atoms with Gasteiger partial charge in [0.25, 0.3) is 0 Å². The molecular formula is C12H19N2NaO5S. The predicted molar refractivity (Wildman–Crippen MR) is 79.8 cm³/mol. The molecule has 0 unspecified atom stereocenters. The van der Waals surface area contributed by atoms with E-state index in [1.807, 2.05) is 6.07 Å². The minimum absolute atomic E-state index is 0. The van der Waals surface area contributed by atoms with Gasteiger partial charge >= 0.3 is 39.9 Å². The molecule has 4 N–H and O–H groups in total. The molecule has 0 aromatic heterocycles. The Morgan fingerprint density at radius 2 is 1.90 bits per heavy atom. The maximum atomic E-state index is 10.9. The molecule has 114 valence electrons. The summed E-state index contributed by atoms with van der Waals surface area (Å²) in [6.45, 7) is 3.23. The van der Waals surface area contributed by atoms with E-state index in [0.717, 1.165) is 5.56 Å². The summed E-state index contributed by atoms with van der Waals surface area (Å²) in [4.78, 5) is 0. The second kappa shape index (κ2) is 6.93. The van der Waals surface area contributed by atoms with Crippen LogP contribution in [0.4, 0.5) is 5.69 Å². The van der Waals surface area contributed by atoms with Crippen LogP contribution < -0.4 is 10.9 Å². The second-order valence-corrected chi connectivity index (χ2v) is 6.22. The SMILES string of the molecule is CC1(C)O[C@@H](COS(N)(=O)=O)[C@H](c2ccccc2N)O1.[NaH]. The molecule has 0 saturated carbocycles. The zero-order valence-corrected chi connectivity index (χ0v) is 12.1. The predicted octanol–water partition coefficient (Wildman–Crippen LogP) is 0.0330. The van der Waals surface area contributed by atoms with Crippen LogP contribution in [0.3, 0.4) is 0 Å². The van der Waals surface area contributed by atoms with E-state index in [0.29, 0.717) is 5.69 Å². The molecule has 2 rings (SSSR count). The van der Waals surface area contributed by atoms with Crippen LogP contribution in [-0.4, -0.2) is 56.5 Å². The van der Waals surface area contributed by atoms with Crippen molar-refractivity contribution in [2.24, 2.45) is 5.14 Å². The molecule has 1 heterocycles. The zero-order valence-electron chi connectivity index (χ0n) is 11.3. The van der Waals surface area contributed by atoms with Crippen molar-refractivity contribution >= 4 is 45.5 Å². The number of anilines is 1. The van der Waals surface area contributed by atoms with Gasteiger partial charge in [-0.3, -0.25) is 4.18 Å². The quantitative estimate of drug-likeness (QED) is 0.596. The van der Waals surface area contributed by atoms with Crippen LogP contribution in [0.1, 0.15) is 25.5 Å². The fourth-order valence-electron chi connectivity index (χ4n) is 2.15. The van der Waals surface area contributed by atoms with Crippen LogP contribution in [0.2, 0.25) is 0 Å². The molecule has 7 nitrogen and oxygen atoms in total. The third kappa shape index (κ3) is 5.19. The average molecular weight is 326 g/mol. The van der Waals surface area contributed by atoms with Crippen LogP contribution in [0.15, 0.2) is 24.3 Å². The molecule has 1 saturated heterocycles. The summed E-state index contributed by atoms with van der Waals surface area (Å²) in [6.07, 6.45) is -1.14. The molecule has 9 heteroatoms. The zero-order chi connectivity index (χ0) is 15.0. The molecule has 1 aliphatic heterocycles. The van der Waals surface area contributed by atoms with Crippen LogP contribution in [0.5, 0.6) is 0 Å². The number of benzene rings is 1. The van der Waals surface area contributed by atoms with Crippen LogP contribution in [0.25, 0.3) is 0 Å². The number of nitrogen functional groups attached to an aromatic ring is 1. The first-order valence-corrected chi connectivity index (χ1v) is 7.52. The van der Waals surface area contributed by atoms with Gasteiger partial charge in [-0.05, 0) is 19.9 Å². The number of rotatable bonds is 4. The number of hydrogen-bond acceptors (Lipinski definition) is 6. The van der Waals surface area contributed by atoms with Gasteiger partial charge in [0, 0.05) is 11.3 Å². The first kappa shape index (κ1) is 18.9. The summed E-state index contributed by atoms with van der Waals surface area (Å²) < 4.78 is 37.8. The fraction of sp³-hybridized carbons (Fsp3) is 0.500. The Morgan fingerprint density at radius 3 is 2.48 bits per heavy atom. The maximum absolute atomic E-state index is 10.9. The molecule has 1 aromatic rings. The van der Waals surface area contributed by atoms with Gasteiger partial charge < -0.3 is 15.2 Å². The molecule has 0 amide bonds. The molecule has 21 heavy (non-hydrogen) atoms. The second-order valence-electron chi connectivity index (χ2n) is 5.00. The standard InChI is InChI=1S/C12H18N2O5S.Na.H/c1-12(2)18-10(7-17-20(14,15)16)11(19-12)8-5-3-4-6-9(8)13;;/h3-6,10-11H,7,13H2,1-2H3,(H2,14,15,16);;/t10-,11-;;/m0../s1. The molecule has 1 aliphatic rings. The van der Waals surface area contributed by atoms with E-state index in [1.54, 1.807) is 32.0 Å². The first-order valence-electron chi connectivity index (χ1n) is 6.05. The van der Waals surface area contributed by atoms with Crippen LogP contribution in [0, 0.1) is 0 Å². The number of nitrogens with two attached hydrogens (primary N) is 2. The van der Waals surface area contributed by atoms with E-state index in [9.17, 15) is 8.42 Å². The van der Waals surface area contributed by atoms with Crippen molar-refractivity contribution in [1.29, 1.82) is 0 Å². The Bertz CT molecular complexity index is 593. The van der Waals surface area contributed by atoms with E-state index in [-0.39, 0.29) is 36.2 Å². The molecule has 0 spiro atoms. The number of para-hydroxylation sites is 1. The summed E-state index contributed by atoms with van der Waals surface area (Å²) >= 11 is 0. The number of ether oxygens (including phenoxy) is 2. The number of hydrogen-bond donors (Lipinski definition) is 2. The summed E-state index contributed by atoms with van der Waals surface area (Å²) in [5, 5.41) is 4.82. The Kier molecular flexibility index (Phi) is 6.22. The van der Waals surface area contributed by atoms with Crippen molar-refractivity contribution < 1.29 is 22.1 Å². The Hall–Kier alpha value is -0.190. The average Bonchev–Trinajstić information content (AvgIpc) is 2.62. The molecule has 0 bridgehead atoms. The van der Waals surface area contributed by atoms with Gasteiger partial charge in [-0.2, -0.15) is 8.42 Å². The van der Waals surface area contributed by atoms with Gasteiger partial charge in [-0.25, -0.2) is 5.14 Å². The normalized spacial score (nSPS) is 24.5. The molecule has 0 radical (unpaired) electrons. The molecule has 2 atom stereocenters. The summed E-state index contributed by atoms with van der Waals surface area (Å²) in [5.41, 5.74) is 7.18. The third-order valence-electron chi connectivity index (χ3n) is 2.88. The van der Waals surface area contributed by atoms with E-state index in [4.69, 9.17) is 20.3 Å². The van der Waals surface area contributed by atoms with Crippen molar-refractivity contribution in [1.82, 2.24) is 0 Å². The van der Waals surface area contributed by atoms with Gasteiger partial charge in [-0.15, -0.1) is 0 Å². The molecule has 0 aliphatic carbocycles. The van der Waals surface area contributed by atoms with Gasteiger partial charge in [0.1, 0.15) is 12.2 Å².